The predicted molar refractivity (Wildman–Crippen MR) is 90.6 cm³/mol. The molecule has 1 saturated carbocycles. The normalized spacial score (nSPS) is 23.3. The van der Waals surface area contributed by atoms with Crippen molar-refractivity contribution >= 4 is 23.5 Å². The molecule has 2 unspecified atom stereocenters. The molecule has 1 aromatic rings. The van der Waals surface area contributed by atoms with E-state index in [-0.39, 0.29) is 29.7 Å². The van der Waals surface area contributed by atoms with E-state index < -0.39 is 5.97 Å². The summed E-state index contributed by atoms with van der Waals surface area (Å²) in [7, 11) is 1.81. The second kappa shape index (κ2) is 7.35. The van der Waals surface area contributed by atoms with Crippen LogP contribution in [0, 0.1) is 11.8 Å². The number of carboxylic acid groups (broad SMARTS) is 1. The van der Waals surface area contributed by atoms with Crippen LogP contribution in [0.5, 0.6) is 0 Å². The van der Waals surface area contributed by atoms with Crippen LogP contribution in [-0.4, -0.2) is 35.0 Å². The van der Waals surface area contributed by atoms with Crippen molar-refractivity contribution in [2.24, 2.45) is 11.8 Å². The molecule has 1 fully saturated rings. The third kappa shape index (κ3) is 4.05. The monoisotopic (exact) mass is 337 g/mol. The summed E-state index contributed by atoms with van der Waals surface area (Å²) in [5, 5.41) is 9.78. The van der Waals surface area contributed by atoms with Gasteiger partial charge in [-0.15, -0.1) is 0 Å². The Morgan fingerprint density at radius 2 is 1.74 bits per heavy atom. The predicted octanol–water partition coefficient (Wildman–Crippen LogP) is 3.79. The Balaban J connectivity index is 2.01. The third-order valence-corrected chi connectivity index (χ3v) is 5.46. The highest BCUT2D eigenvalue weighted by atomic mass is 35.5. The van der Waals surface area contributed by atoms with E-state index in [1.165, 1.54) is 0 Å². The van der Waals surface area contributed by atoms with E-state index in [1.807, 2.05) is 38.2 Å². The number of aliphatic carboxylic acids is 1. The van der Waals surface area contributed by atoms with Gasteiger partial charge in [-0.1, -0.05) is 30.7 Å². The van der Waals surface area contributed by atoms with Gasteiger partial charge in [-0.3, -0.25) is 9.59 Å². The molecule has 1 aromatic carbocycles. The number of halogens is 1. The van der Waals surface area contributed by atoms with Crippen LogP contribution in [0.3, 0.4) is 0 Å². The fraction of sp³-hybridized carbons (Fsp3) is 0.556. The molecule has 23 heavy (non-hydrogen) atoms. The molecule has 0 spiro atoms. The maximum Gasteiger partial charge on any atom is 0.306 e. The maximum absolute atomic E-state index is 12.7. The van der Waals surface area contributed by atoms with Crippen molar-refractivity contribution in [2.75, 3.05) is 7.05 Å². The summed E-state index contributed by atoms with van der Waals surface area (Å²) in [5.41, 5.74) is 1.14. The van der Waals surface area contributed by atoms with Gasteiger partial charge in [-0.05, 0) is 43.9 Å². The summed E-state index contributed by atoms with van der Waals surface area (Å²) in [4.78, 5) is 25.5. The molecule has 0 aromatic heterocycles. The van der Waals surface area contributed by atoms with Crippen LogP contribution >= 0.6 is 11.6 Å². The molecule has 126 valence electrons. The smallest absolute Gasteiger partial charge is 0.306 e. The molecular formula is C18H24ClNO3. The van der Waals surface area contributed by atoms with E-state index in [0.717, 1.165) is 5.56 Å². The number of rotatable bonds is 5. The van der Waals surface area contributed by atoms with Crippen LogP contribution in [0.15, 0.2) is 24.3 Å². The van der Waals surface area contributed by atoms with Crippen molar-refractivity contribution < 1.29 is 14.7 Å². The molecule has 1 amide bonds. The lowest BCUT2D eigenvalue weighted by Gasteiger charge is -2.32. The molecule has 0 radical (unpaired) electrons. The first-order chi connectivity index (χ1) is 10.8. The Morgan fingerprint density at radius 1 is 1.17 bits per heavy atom. The first-order valence-electron chi connectivity index (χ1n) is 8.06. The summed E-state index contributed by atoms with van der Waals surface area (Å²) in [6.45, 7) is 4.12. The largest absolute Gasteiger partial charge is 0.481 e. The van der Waals surface area contributed by atoms with Gasteiger partial charge >= 0.3 is 5.97 Å². The van der Waals surface area contributed by atoms with Crippen LogP contribution in [0.1, 0.15) is 44.6 Å². The van der Waals surface area contributed by atoms with E-state index in [1.54, 1.807) is 4.90 Å². The summed E-state index contributed by atoms with van der Waals surface area (Å²) >= 11 is 5.92. The fourth-order valence-electron chi connectivity index (χ4n) is 3.30. The van der Waals surface area contributed by atoms with Crippen molar-refractivity contribution in [1.82, 2.24) is 4.90 Å². The van der Waals surface area contributed by atoms with Crippen LogP contribution in [0.4, 0.5) is 0 Å². The van der Waals surface area contributed by atoms with Crippen LogP contribution < -0.4 is 0 Å². The second-order valence-electron chi connectivity index (χ2n) is 6.58. The number of carboxylic acids is 1. The molecule has 0 aliphatic heterocycles. The minimum Gasteiger partial charge on any atom is -0.481 e. The average Bonchev–Trinajstić information content (AvgIpc) is 3.03. The maximum atomic E-state index is 12.7. The Morgan fingerprint density at radius 3 is 2.26 bits per heavy atom. The number of hydrogen-bond donors (Lipinski definition) is 1. The summed E-state index contributed by atoms with van der Waals surface area (Å²) in [6.07, 6.45) is 1.73. The van der Waals surface area contributed by atoms with Gasteiger partial charge in [0.2, 0.25) is 5.91 Å². The molecule has 1 aliphatic rings. The second-order valence-corrected chi connectivity index (χ2v) is 7.01. The van der Waals surface area contributed by atoms with Gasteiger partial charge in [-0.2, -0.15) is 0 Å². The molecule has 0 saturated heterocycles. The molecule has 4 nitrogen and oxygen atoms in total. The Hall–Kier alpha value is -1.55. The zero-order chi connectivity index (χ0) is 17.1. The van der Waals surface area contributed by atoms with E-state index in [9.17, 15) is 9.59 Å². The van der Waals surface area contributed by atoms with Crippen molar-refractivity contribution in [1.29, 1.82) is 0 Å². The van der Waals surface area contributed by atoms with Crippen LogP contribution in [-0.2, 0) is 9.59 Å². The molecule has 1 N–H and O–H groups in total. The molecule has 0 bridgehead atoms. The molecule has 0 heterocycles. The van der Waals surface area contributed by atoms with Gasteiger partial charge in [0, 0.05) is 29.9 Å². The van der Waals surface area contributed by atoms with Gasteiger partial charge in [0.15, 0.2) is 0 Å². The minimum atomic E-state index is -0.787. The number of likely N-dealkylation sites (N-methyl/N-ethyl adjacent to an activating group) is 1. The topological polar surface area (TPSA) is 57.6 Å². The number of hydrogen-bond acceptors (Lipinski definition) is 2. The summed E-state index contributed by atoms with van der Waals surface area (Å²) in [5.74, 6) is -1.09. The highest BCUT2D eigenvalue weighted by Gasteiger charge is 2.36. The standard InChI is InChI=1S/C18H24ClNO3/c1-11(13-6-8-16(19)9-7-13)12(2)20(3)17(21)14-4-5-15(10-14)18(22)23/h6-9,11-12,14-15H,4-5,10H2,1-3H3,(H,22,23)/t11?,12?,14-,15+/m1/s1. The number of amides is 1. The van der Waals surface area contributed by atoms with Gasteiger partial charge in [0.05, 0.1) is 5.92 Å². The quantitative estimate of drug-likeness (QED) is 0.889. The van der Waals surface area contributed by atoms with E-state index >= 15 is 0 Å². The van der Waals surface area contributed by atoms with E-state index in [0.29, 0.717) is 24.3 Å². The van der Waals surface area contributed by atoms with Crippen molar-refractivity contribution in [3.63, 3.8) is 0 Å². The molecule has 2 rings (SSSR count). The molecule has 1 aliphatic carbocycles. The lowest BCUT2D eigenvalue weighted by atomic mass is 9.92. The Kier molecular flexibility index (Phi) is 5.69. The first kappa shape index (κ1) is 17.8. The molecule has 4 atom stereocenters. The van der Waals surface area contributed by atoms with Gasteiger partial charge < -0.3 is 10.0 Å². The SMILES string of the molecule is CC(c1ccc(Cl)cc1)C(C)N(C)C(=O)[C@@H]1CC[C@H](C(=O)O)C1. The van der Waals surface area contributed by atoms with Crippen molar-refractivity contribution in [3.8, 4) is 0 Å². The lowest BCUT2D eigenvalue weighted by Crippen LogP contribution is -2.41. The van der Waals surface area contributed by atoms with Gasteiger partial charge in [-0.25, -0.2) is 0 Å². The minimum absolute atomic E-state index is 0.0348. The summed E-state index contributed by atoms with van der Waals surface area (Å²) in [6, 6.07) is 7.72. The number of carbonyl (C=O) groups is 2. The Labute approximate surface area is 142 Å². The fourth-order valence-corrected chi connectivity index (χ4v) is 3.43. The van der Waals surface area contributed by atoms with E-state index in [4.69, 9.17) is 16.7 Å². The number of nitrogens with zero attached hydrogens (tertiary/aromatic N) is 1. The highest BCUT2D eigenvalue weighted by molar-refractivity contribution is 6.30. The van der Waals surface area contributed by atoms with Crippen LogP contribution in [0.2, 0.25) is 5.02 Å². The lowest BCUT2D eigenvalue weighted by molar-refractivity contribution is -0.141. The zero-order valence-corrected chi connectivity index (χ0v) is 14.6. The van der Waals surface area contributed by atoms with Gasteiger partial charge in [0.1, 0.15) is 0 Å². The Bertz CT molecular complexity index is 572. The number of carbonyl (C=O) groups excluding carboxylic acids is 1. The van der Waals surface area contributed by atoms with Crippen molar-refractivity contribution in [2.45, 2.75) is 45.1 Å². The van der Waals surface area contributed by atoms with E-state index in [2.05, 4.69) is 6.92 Å². The number of benzene rings is 1. The molecule has 5 heteroatoms. The third-order valence-electron chi connectivity index (χ3n) is 5.21. The summed E-state index contributed by atoms with van der Waals surface area (Å²) < 4.78 is 0. The van der Waals surface area contributed by atoms with Crippen LogP contribution in [0.25, 0.3) is 0 Å². The highest BCUT2D eigenvalue weighted by Crippen LogP contribution is 2.33. The van der Waals surface area contributed by atoms with Gasteiger partial charge in [0.25, 0.3) is 0 Å². The first-order valence-corrected chi connectivity index (χ1v) is 8.44. The average molecular weight is 338 g/mol. The zero-order valence-electron chi connectivity index (χ0n) is 13.8. The molecular weight excluding hydrogens is 314 g/mol. The van der Waals surface area contributed by atoms with Crippen molar-refractivity contribution in [3.05, 3.63) is 34.9 Å².